The van der Waals surface area contributed by atoms with Crippen LogP contribution in [0.15, 0.2) is 48.8 Å². The molecule has 1 aromatic carbocycles. The summed E-state index contributed by atoms with van der Waals surface area (Å²) >= 11 is 0. The summed E-state index contributed by atoms with van der Waals surface area (Å²) in [7, 11) is 0. The van der Waals surface area contributed by atoms with Crippen LogP contribution in [0.1, 0.15) is 48.7 Å². The third kappa shape index (κ3) is 5.31. The topological polar surface area (TPSA) is 89.3 Å². The van der Waals surface area contributed by atoms with Gasteiger partial charge in [-0.05, 0) is 38.3 Å². The molecule has 0 saturated carbocycles. The number of esters is 1. The van der Waals surface area contributed by atoms with Gasteiger partial charge in [-0.25, -0.2) is 14.5 Å². The number of piperidine rings is 1. The first-order valence-electron chi connectivity index (χ1n) is 11.1. The molecule has 32 heavy (non-hydrogen) atoms. The number of hydrogen-bond donors (Lipinski definition) is 1. The quantitative estimate of drug-likeness (QED) is 0.574. The van der Waals surface area contributed by atoms with E-state index in [1.54, 1.807) is 16.9 Å². The van der Waals surface area contributed by atoms with E-state index in [1.807, 2.05) is 19.9 Å². The zero-order chi connectivity index (χ0) is 22.5. The minimum absolute atomic E-state index is 0.105. The van der Waals surface area contributed by atoms with Crippen molar-refractivity contribution in [1.29, 1.82) is 0 Å². The van der Waals surface area contributed by atoms with Crippen molar-refractivity contribution in [1.82, 2.24) is 25.0 Å². The highest BCUT2D eigenvalue weighted by atomic mass is 16.5. The second kappa shape index (κ2) is 9.91. The van der Waals surface area contributed by atoms with Crippen LogP contribution >= 0.6 is 0 Å². The molecule has 1 aliphatic heterocycles. The Bertz CT molecular complexity index is 1070. The zero-order valence-corrected chi connectivity index (χ0v) is 18.5. The van der Waals surface area contributed by atoms with Crippen LogP contribution in [0.4, 0.5) is 0 Å². The standard InChI is InChI=1S/C24H29N5O3/c1-17(2)29-23-19(14-26-29)12-20(13-25-23)24(31)32-16-22(30)27-21-8-10-28(11-9-21)15-18-6-4-3-5-7-18/h3-7,12-14,17,21H,8-11,15-16H2,1-2H3,(H,27,30). The first kappa shape index (κ1) is 22.0. The molecule has 0 unspecified atom stereocenters. The van der Waals surface area contributed by atoms with Gasteiger partial charge in [0.2, 0.25) is 0 Å². The van der Waals surface area contributed by atoms with Crippen molar-refractivity contribution in [2.75, 3.05) is 19.7 Å². The lowest BCUT2D eigenvalue weighted by Crippen LogP contribution is -2.45. The average molecular weight is 436 g/mol. The second-order valence-electron chi connectivity index (χ2n) is 8.50. The van der Waals surface area contributed by atoms with Crippen LogP contribution in [-0.2, 0) is 16.1 Å². The van der Waals surface area contributed by atoms with Crippen LogP contribution in [0.3, 0.4) is 0 Å². The number of amides is 1. The monoisotopic (exact) mass is 435 g/mol. The van der Waals surface area contributed by atoms with Crippen LogP contribution in [0, 0.1) is 0 Å². The van der Waals surface area contributed by atoms with Gasteiger partial charge in [-0.15, -0.1) is 0 Å². The number of aromatic nitrogens is 3. The van der Waals surface area contributed by atoms with Gasteiger partial charge < -0.3 is 10.1 Å². The maximum atomic E-state index is 12.4. The van der Waals surface area contributed by atoms with E-state index < -0.39 is 5.97 Å². The number of benzene rings is 1. The van der Waals surface area contributed by atoms with Crippen molar-refractivity contribution < 1.29 is 14.3 Å². The average Bonchev–Trinajstić information content (AvgIpc) is 3.23. The van der Waals surface area contributed by atoms with E-state index in [0.29, 0.717) is 11.2 Å². The van der Waals surface area contributed by atoms with Gasteiger partial charge in [-0.1, -0.05) is 30.3 Å². The number of nitrogens with one attached hydrogen (secondary N) is 1. The van der Waals surface area contributed by atoms with Gasteiger partial charge in [-0.2, -0.15) is 5.10 Å². The van der Waals surface area contributed by atoms with Gasteiger partial charge in [0, 0.05) is 43.3 Å². The van der Waals surface area contributed by atoms with Crippen molar-refractivity contribution in [3.05, 3.63) is 59.9 Å². The maximum Gasteiger partial charge on any atom is 0.340 e. The third-order valence-electron chi connectivity index (χ3n) is 5.69. The van der Waals surface area contributed by atoms with E-state index >= 15 is 0 Å². The maximum absolute atomic E-state index is 12.4. The molecule has 0 atom stereocenters. The molecule has 0 spiro atoms. The summed E-state index contributed by atoms with van der Waals surface area (Å²) in [5, 5.41) is 8.05. The lowest BCUT2D eigenvalue weighted by molar-refractivity contribution is -0.125. The number of fused-ring (bicyclic) bond motifs is 1. The van der Waals surface area contributed by atoms with Gasteiger partial charge in [0.25, 0.3) is 5.91 Å². The van der Waals surface area contributed by atoms with E-state index in [0.717, 1.165) is 37.9 Å². The normalized spacial score (nSPS) is 15.2. The first-order valence-corrected chi connectivity index (χ1v) is 11.1. The number of likely N-dealkylation sites (tertiary alicyclic amines) is 1. The van der Waals surface area contributed by atoms with Crippen LogP contribution in [0.2, 0.25) is 0 Å². The molecule has 1 fully saturated rings. The number of carbonyl (C=O) groups is 2. The number of ether oxygens (including phenoxy) is 1. The van der Waals surface area contributed by atoms with Gasteiger partial charge >= 0.3 is 5.97 Å². The fourth-order valence-corrected chi connectivity index (χ4v) is 3.99. The van der Waals surface area contributed by atoms with E-state index in [2.05, 4.69) is 44.6 Å². The molecule has 8 heteroatoms. The molecule has 3 heterocycles. The second-order valence-corrected chi connectivity index (χ2v) is 8.50. The minimum atomic E-state index is -0.565. The summed E-state index contributed by atoms with van der Waals surface area (Å²) in [4.78, 5) is 31.4. The summed E-state index contributed by atoms with van der Waals surface area (Å²) in [6, 6.07) is 12.4. The highest BCUT2D eigenvalue weighted by Crippen LogP contribution is 2.17. The van der Waals surface area contributed by atoms with Crippen molar-refractivity contribution in [2.45, 2.75) is 45.3 Å². The van der Waals surface area contributed by atoms with Crippen LogP contribution < -0.4 is 5.32 Å². The number of rotatable bonds is 7. The summed E-state index contributed by atoms with van der Waals surface area (Å²) < 4.78 is 7.00. The van der Waals surface area contributed by atoms with Gasteiger partial charge in [0.05, 0.1) is 11.8 Å². The lowest BCUT2D eigenvalue weighted by atomic mass is 10.0. The molecule has 8 nitrogen and oxygen atoms in total. The molecule has 1 N–H and O–H groups in total. The Balaban J connectivity index is 1.22. The molecule has 2 aromatic heterocycles. The van der Waals surface area contributed by atoms with E-state index in [4.69, 9.17) is 4.74 Å². The Hall–Kier alpha value is -3.26. The van der Waals surface area contributed by atoms with E-state index in [9.17, 15) is 9.59 Å². The van der Waals surface area contributed by atoms with Crippen molar-refractivity contribution in [2.24, 2.45) is 0 Å². The Kier molecular flexibility index (Phi) is 6.80. The number of hydrogen-bond acceptors (Lipinski definition) is 6. The SMILES string of the molecule is CC(C)n1ncc2cc(C(=O)OCC(=O)NC3CCN(Cc4ccccc4)CC3)cnc21. The minimum Gasteiger partial charge on any atom is -0.452 e. The molecule has 1 amide bonds. The molecule has 3 aromatic rings. The molecule has 1 aliphatic rings. The summed E-state index contributed by atoms with van der Waals surface area (Å²) in [6.07, 6.45) is 4.90. The van der Waals surface area contributed by atoms with Gasteiger partial charge in [0.15, 0.2) is 12.3 Å². The third-order valence-corrected chi connectivity index (χ3v) is 5.69. The molecule has 0 bridgehead atoms. The Morgan fingerprint density at radius 2 is 1.91 bits per heavy atom. The molecular formula is C24H29N5O3. The van der Waals surface area contributed by atoms with Crippen LogP contribution in [-0.4, -0.2) is 57.3 Å². The Morgan fingerprint density at radius 1 is 1.16 bits per heavy atom. The van der Waals surface area contributed by atoms with Crippen LogP contribution in [0.5, 0.6) is 0 Å². The fourth-order valence-electron chi connectivity index (χ4n) is 3.99. The van der Waals surface area contributed by atoms with Crippen LogP contribution in [0.25, 0.3) is 11.0 Å². The van der Waals surface area contributed by atoms with Crippen molar-refractivity contribution >= 4 is 22.9 Å². The molecule has 0 aliphatic carbocycles. The number of nitrogens with zero attached hydrogens (tertiary/aromatic N) is 4. The summed E-state index contributed by atoms with van der Waals surface area (Å²) in [5.74, 6) is -0.842. The number of pyridine rings is 1. The predicted octanol–water partition coefficient (Wildman–Crippen LogP) is 2.95. The van der Waals surface area contributed by atoms with Crippen molar-refractivity contribution in [3.8, 4) is 0 Å². The Labute approximate surface area is 187 Å². The van der Waals surface area contributed by atoms with Gasteiger partial charge in [0.1, 0.15) is 0 Å². The largest absolute Gasteiger partial charge is 0.452 e. The summed E-state index contributed by atoms with van der Waals surface area (Å²) in [5.41, 5.74) is 2.32. The molecule has 0 radical (unpaired) electrons. The molecular weight excluding hydrogens is 406 g/mol. The Morgan fingerprint density at radius 3 is 2.62 bits per heavy atom. The molecule has 168 valence electrons. The highest BCUT2D eigenvalue weighted by molar-refractivity contribution is 5.94. The number of carbonyl (C=O) groups excluding carboxylic acids is 2. The smallest absolute Gasteiger partial charge is 0.340 e. The van der Waals surface area contributed by atoms with E-state index in [1.165, 1.54) is 11.8 Å². The lowest BCUT2D eigenvalue weighted by Gasteiger charge is -2.32. The molecule has 1 saturated heterocycles. The fraction of sp³-hybridized carbons (Fsp3) is 0.417. The molecule has 4 rings (SSSR count). The van der Waals surface area contributed by atoms with Gasteiger partial charge in [-0.3, -0.25) is 9.69 Å². The van der Waals surface area contributed by atoms with Crippen molar-refractivity contribution in [3.63, 3.8) is 0 Å². The zero-order valence-electron chi connectivity index (χ0n) is 18.5. The highest BCUT2D eigenvalue weighted by Gasteiger charge is 2.21. The summed E-state index contributed by atoms with van der Waals surface area (Å²) in [6.45, 7) is 6.51. The van der Waals surface area contributed by atoms with E-state index in [-0.39, 0.29) is 24.6 Å². The predicted molar refractivity (Wildman–Crippen MR) is 121 cm³/mol. The first-order chi connectivity index (χ1) is 15.5.